The number of aryl methyl sites for hydroxylation is 2. The number of amides is 4. The second-order valence-electron chi connectivity index (χ2n) is 29.6. The van der Waals surface area contributed by atoms with Gasteiger partial charge in [-0.15, -0.1) is 0 Å². The molecular formula is C86H97F3N16O4S4. The first-order chi connectivity index (χ1) is 54.4. The normalized spacial score (nSPS) is 14.5. The molecule has 113 heavy (non-hydrogen) atoms. The molecule has 0 atom stereocenters. The molecule has 590 valence electrons. The predicted molar refractivity (Wildman–Crippen MR) is 461 cm³/mol. The quantitative estimate of drug-likeness (QED) is 0.0898. The lowest BCUT2D eigenvalue weighted by molar-refractivity contribution is -0.131. The maximum Gasteiger partial charge on any atom is 0.227 e. The maximum absolute atomic E-state index is 14.1. The molecule has 4 saturated heterocycles. The van der Waals surface area contributed by atoms with E-state index in [4.69, 9.17) is 4.98 Å². The lowest BCUT2D eigenvalue weighted by Crippen LogP contribution is -2.49. The third-order valence-corrected chi connectivity index (χ3v) is 25.0. The Kier molecular flexibility index (Phi) is 26.0. The van der Waals surface area contributed by atoms with Gasteiger partial charge in [-0.05, 0) is 144 Å². The van der Waals surface area contributed by atoms with E-state index in [1.807, 2.05) is 220 Å². The summed E-state index contributed by atoms with van der Waals surface area (Å²) >= 11 is 6.26. The highest BCUT2D eigenvalue weighted by atomic mass is 32.1. The molecule has 20 nitrogen and oxygen atoms in total. The highest BCUT2D eigenvalue weighted by Gasteiger charge is 2.29. The Morgan fingerprint density at radius 2 is 0.575 bits per heavy atom. The lowest BCUT2D eigenvalue weighted by Gasteiger charge is -2.34. The number of rotatable bonds is 16. The number of hydrogen-bond donors (Lipinski definition) is 0. The van der Waals surface area contributed by atoms with Crippen LogP contribution in [0.15, 0.2) is 164 Å². The van der Waals surface area contributed by atoms with Crippen molar-refractivity contribution in [3.8, 4) is 0 Å². The number of carbonyl (C=O) groups excluding carboxylic acids is 4. The minimum absolute atomic E-state index is 0.146. The van der Waals surface area contributed by atoms with Gasteiger partial charge in [0.15, 0.2) is 32.2 Å². The molecule has 0 saturated carbocycles. The van der Waals surface area contributed by atoms with Crippen molar-refractivity contribution in [3.63, 3.8) is 0 Å². The van der Waals surface area contributed by atoms with Crippen LogP contribution in [0.3, 0.4) is 0 Å². The summed E-state index contributed by atoms with van der Waals surface area (Å²) < 4.78 is 46.0. The molecule has 4 amide bonds. The lowest BCUT2D eigenvalue weighted by atomic mass is 10.1. The van der Waals surface area contributed by atoms with Crippen molar-refractivity contribution in [2.45, 2.75) is 39.5 Å². The fourth-order valence-corrected chi connectivity index (χ4v) is 18.2. The average Bonchev–Trinajstić information content (AvgIpc) is 1.68. The van der Waals surface area contributed by atoms with Crippen LogP contribution < -0.4 is 39.2 Å². The van der Waals surface area contributed by atoms with Gasteiger partial charge in [0.1, 0.15) is 22.4 Å². The summed E-state index contributed by atoms with van der Waals surface area (Å²) in [5.74, 6) is -0.173. The summed E-state index contributed by atoms with van der Waals surface area (Å²) in [5, 5.41) is 3.54. The van der Waals surface area contributed by atoms with Gasteiger partial charge in [0.25, 0.3) is 0 Å². The van der Waals surface area contributed by atoms with E-state index in [0.29, 0.717) is 121 Å². The maximum atomic E-state index is 14.1. The second kappa shape index (κ2) is 36.5. The highest BCUT2D eigenvalue weighted by molar-refractivity contribution is 7.23. The zero-order chi connectivity index (χ0) is 79.6. The first-order valence-corrected chi connectivity index (χ1v) is 41.4. The molecule has 4 aromatic heterocycles. The van der Waals surface area contributed by atoms with Gasteiger partial charge < -0.3 is 58.8 Å². The fraction of sp³-hybridized carbons (Fsp3) is 0.349. The number of halogens is 3. The zero-order valence-electron chi connectivity index (χ0n) is 65.8. The summed E-state index contributed by atoms with van der Waals surface area (Å²) in [5.41, 5.74) is 12.8. The van der Waals surface area contributed by atoms with Crippen LogP contribution in [0.2, 0.25) is 0 Å². The number of benzene rings is 8. The molecule has 8 aromatic carbocycles. The molecule has 0 aliphatic carbocycles. The molecule has 16 rings (SSSR count). The van der Waals surface area contributed by atoms with Crippen molar-refractivity contribution >= 4 is 153 Å². The molecule has 12 aromatic rings. The predicted octanol–water partition coefficient (Wildman–Crippen LogP) is 14.0. The Morgan fingerprint density at radius 3 is 0.867 bits per heavy atom. The van der Waals surface area contributed by atoms with Crippen molar-refractivity contribution in [1.82, 2.24) is 39.5 Å². The first kappa shape index (κ1) is 80.4. The van der Waals surface area contributed by atoms with Gasteiger partial charge in [-0.2, -0.15) is 0 Å². The molecule has 4 fully saturated rings. The van der Waals surface area contributed by atoms with Gasteiger partial charge in [-0.3, -0.25) is 19.2 Å². The van der Waals surface area contributed by atoms with E-state index < -0.39 is 0 Å². The van der Waals surface area contributed by atoms with Crippen molar-refractivity contribution in [2.75, 3.05) is 200 Å². The van der Waals surface area contributed by atoms with E-state index in [9.17, 15) is 32.3 Å². The van der Waals surface area contributed by atoms with Gasteiger partial charge in [0.05, 0.1) is 50.0 Å². The summed E-state index contributed by atoms with van der Waals surface area (Å²) in [6, 6.07) is 52.8. The van der Waals surface area contributed by atoms with Crippen LogP contribution in [0.25, 0.3) is 40.9 Å². The van der Waals surface area contributed by atoms with Crippen LogP contribution in [-0.4, -0.2) is 224 Å². The smallest absolute Gasteiger partial charge is 0.227 e. The standard InChI is InChI=1S/2C22H25FN4OS.C21H23FN4OS.C21H24N4OS/c2*1-15-12-18(23)21-19(13-15)29-22(24-21)27-10-8-26(9-11-27)20(28)14-16-4-6-17(7-5-16)25(2)3;1-24(2)16-8-6-15(7-9-16)14-19(27)25-10-12-26(13-11-25)21-23-20-17(22)4-3-5-18(20)28-21;1-23(2)17-9-7-16(8-10-17)15-20(26)24-11-13-25(14-12-24)21-22-18-5-3-4-6-19(18)27-21/h2*4-7,12-13H,8-11,14H2,1-3H3;3-9H,10-14H2,1-2H3;3-10H,11-15H2,1-2H3. The van der Waals surface area contributed by atoms with E-state index in [-0.39, 0.29) is 41.1 Å². The molecule has 27 heteroatoms. The summed E-state index contributed by atoms with van der Waals surface area (Å²) in [4.78, 5) is 93.5. The topological polar surface area (TPSA) is 159 Å². The Labute approximate surface area is 675 Å². The summed E-state index contributed by atoms with van der Waals surface area (Å²) in [7, 11) is 16.0. The van der Waals surface area contributed by atoms with E-state index in [1.54, 1.807) is 17.4 Å². The second-order valence-corrected chi connectivity index (χ2v) is 33.7. The van der Waals surface area contributed by atoms with Gasteiger partial charge in [0.2, 0.25) is 23.6 Å². The van der Waals surface area contributed by atoms with Crippen molar-refractivity contribution in [3.05, 3.63) is 215 Å². The molecule has 0 N–H and O–H groups in total. The third kappa shape index (κ3) is 20.3. The number of piperazine rings is 4. The Bertz CT molecular complexity index is 5060. The number of anilines is 8. The zero-order valence-corrected chi connectivity index (χ0v) is 69.1. The number of aromatic nitrogens is 4. The molecule has 0 unspecified atom stereocenters. The molecule has 0 spiro atoms. The van der Waals surface area contributed by atoms with Gasteiger partial charge in [-0.25, -0.2) is 33.1 Å². The SMILES string of the molecule is CN(C)c1ccc(CC(=O)N2CCN(c3nc4c(F)cccc4s3)CC2)cc1.CN(C)c1ccc(CC(=O)N2CCN(c3nc4ccccc4s3)CC2)cc1.Cc1cc(F)c2nc(N3CCN(C(=O)Cc4ccc(N(C)C)cc4)CC3)sc2c1.Cc1cc(F)c2nc(N3CCN(C(=O)Cc4ccc(N(C)C)cc4)CC3)sc2c1. The van der Waals surface area contributed by atoms with Crippen molar-refractivity contribution < 1.29 is 32.3 Å². The minimum Gasteiger partial charge on any atom is -0.378 e. The number of para-hydroxylation sites is 2. The largest absolute Gasteiger partial charge is 0.378 e. The number of thiazole rings is 4. The number of fused-ring (bicyclic) bond motifs is 4. The molecule has 8 heterocycles. The Balaban J connectivity index is 0.000000132. The van der Waals surface area contributed by atoms with Crippen LogP contribution in [0.5, 0.6) is 0 Å². The summed E-state index contributed by atoms with van der Waals surface area (Å²) in [6.07, 6.45) is 1.72. The Morgan fingerprint density at radius 1 is 0.310 bits per heavy atom. The van der Waals surface area contributed by atoms with Crippen LogP contribution in [-0.2, 0) is 44.9 Å². The van der Waals surface area contributed by atoms with Gasteiger partial charge >= 0.3 is 0 Å². The number of nitrogens with zero attached hydrogens (tertiary/aromatic N) is 16. The molecule has 0 radical (unpaired) electrons. The van der Waals surface area contributed by atoms with E-state index >= 15 is 0 Å². The first-order valence-electron chi connectivity index (χ1n) is 38.1. The monoisotopic (exact) mass is 1600 g/mol. The third-order valence-electron chi connectivity index (χ3n) is 20.6. The molecule has 4 aliphatic rings. The molecule has 0 bridgehead atoms. The van der Waals surface area contributed by atoms with Crippen LogP contribution >= 0.6 is 45.3 Å². The van der Waals surface area contributed by atoms with Crippen molar-refractivity contribution in [2.24, 2.45) is 0 Å². The fourth-order valence-electron chi connectivity index (χ4n) is 13.9. The summed E-state index contributed by atoms with van der Waals surface area (Å²) in [6.45, 7) is 15.2. The number of carbonyl (C=O) groups is 4. The number of hydrogen-bond acceptors (Lipinski definition) is 20. The van der Waals surface area contributed by atoms with Crippen LogP contribution in [0.1, 0.15) is 33.4 Å². The van der Waals surface area contributed by atoms with E-state index in [0.717, 1.165) is 122 Å². The van der Waals surface area contributed by atoms with Crippen LogP contribution in [0, 0.1) is 31.3 Å². The minimum atomic E-state index is -0.283. The highest BCUT2D eigenvalue weighted by Crippen LogP contribution is 2.36. The van der Waals surface area contributed by atoms with E-state index in [2.05, 4.69) is 63.7 Å². The van der Waals surface area contributed by atoms with Crippen LogP contribution in [0.4, 0.5) is 56.4 Å². The molecule has 4 aliphatic heterocycles. The van der Waals surface area contributed by atoms with Gasteiger partial charge in [0, 0.05) is 184 Å². The molecular weight excluding hydrogens is 1510 g/mol. The average molecular weight is 1600 g/mol. The van der Waals surface area contributed by atoms with Gasteiger partial charge in [-0.1, -0.05) is 112 Å². The Hall–Kier alpha value is -10.6. The van der Waals surface area contributed by atoms with Crippen molar-refractivity contribution in [1.29, 1.82) is 0 Å². The van der Waals surface area contributed by atoms with E-state index in [1.165, 1.54) is 56.9 Å².